The molecule has 1 saturated heterocycles. The number of hydrogen-bond donors (Lipinski definition) is 1. The molecule has 1 fully saturated rings. The van der Waals surface area contributed by atoms with E-state index in [4.69, 9.17) is 19.9 Å². The van der Waals surface area contributed by atoms with E-state index in [1.54, 1.807) is 12.1 Å². The van der Waals surface area contributed by atoms with E-state index in [0.29, 0.717) is 62.3 Å². The highest BCUT2D eigenvalue weighted by Crippen LogP contribution is 2.40. The van der Waals surface area contributed by atoms with Crippen molar-refractivity contribution in [3.8, 4) is 17.2 Å². The molecule has 1 unspecified atom stereocenters. The number of amides is 1. The lowest BCUT2D eigenvalue weighted by molar-refractivity contribution is 0.0775. The number of ether oxygens (including phenoxy) is 3. The quantitative estimate of drug-likeness (QED) is 0.780. The molecule has 0 aliphatic carbocycles. The first kappa shape index (κ1) is 19.4. The molecule has 0 bridgehead atoms. The van der Waals surface area contributed by atoms with Gasteiger partial charge in [0, 0.05) is 18.7 Å². The summed E-state index contributed by atoms with van der Waals surface area (Å²) in [5, 5.41) is 0. The fourth-order valence-electron chi connectivity index (χ4n) is 3.06. The Morgan fingerprint density at radius 3 is 2.12 bits per heavy atom. The first-order chi connectivity index (χ1) is 12.0. The minimum absolute atomic E-state index is 0.00752. The molecule has 2 N–H and O–H groups in total. The summed E-state index contributed by atoms with van der Waals surface area (Å²) in [5.41, 5.74) is 6.40. The third kappa shape index (κ3) is 4.37. The van der Waals surface area contributed by atoms with Crippen LogP contribution in [0.4, 0.5) is 0 Å². The van der Waals surface area contributed by atoms with Gasteiger partial charge in [0.25, 0.3) is 5.91 Å². The summed E-state index contributed by atoms with van der Waals surface area (Å²) in [4.78, 5) is 14.8. The Hall–Kier alpha value is -1.95. The van der Waals surface area contributed by atoms with Gasteiger partial charge in [-0.25, -0.2) is 0 Å². The number of rotatable bonds is 8. The Labute approximate surface area is 150 Å². The van der Waals surface area contributed by atoms with Gasteiger partial charge in [0.2, 0.25) is 5.75 Å². The van der Waals surface area contributed by atoms with Gasteiger partial charge in [-0.15, -0.1) is 0 Å². The van der Waals surface area contributed by atoms with E-state index in [1.165, 1.54) is 0 Å². The molecule has 0 aromatic heterocycles. The highest BCUT2D eigenvalue weighted by Gasteiger charge is 2.35. The SMILES string of the molecule is CCOc1cc(C(=O)N2CCC(C)(CN)C2)cc(OCC)c1OCC. The summed E-state index contributed by atoms with van der Waals surface area (Å²) in [6.07, 6.45) is 0.920. The molecule has 2 rings (SSSR count). The Kier molecular flexibility index (Phi) is 6.53. The fourth-order valence-corrected chi connectivity index (χ4v) is 3.06. The summed E-state index contributed by atoms with van der Waals surface area (Å²) in [7, 11) is 0. The standard InChI is InChI=1S/C19H30N2O4/c1-5-23-15-10-14(11-16(24-6-2)17(15)25-7-3)18(22)21-9-8-19(4,12-20)13-21/h10-11H,5-9,12-13,20H2,1-4H3. The van der Waals surface area contributed by atoms with E-state index < -0.39 is 0 Å². The normalized spacial score (nSPS) is 19.8. The third-order valence-electron chi connectivity index (χ3n) is 4.49. The molecule has 1 atom stereocenters. The van der Waals surface area contributed by atoms with Crippen molar-refractivity contribution < 1.29 is 19.0 Å². The van der Waals surface area contributed by atoms with Crippen molar-refractivity contribution in [2.45, 2.75) is 34.1 Å². The average molecular weight is 350 g/mol. The zero-order valence-corrected chi connectivity index (χ0v) is 15.8. The molecular formula is C19H30N2O4. The number of benzene rings is 1. The second-order valence-electron chi connectivity index (χ2n) is 6.59. The first-order valence-electron chi connectivity index (χ1n) is 9.03. The lowest BCUT2D eigenvalue weighted by Gasteiger charge is -2.23. The van der Waals surface area contributed by atoms with Crippen molar-refractivity contribution in [3.05, 3.63) is 17.7 Å². The van der Waals surface area contributed by atoms with Gasteiger partial charge in [0.05, 0.1) is 19.8 Å². The van der Waals surface area contributed by atoms with Gasteiger partial charge in [-0.1, -0.05) is 6.92 Å². The fraction of sp³-hybridized carbons (Fsp3) is 0.632. The van der Waals surface area contributed by atoms with E-state index in [-0.39, 0.29) is 11.3 Å². The molecule has 1 aliphatic heterocycles. The van der Waals surface area contributed by atoms with Crippen LogP contribution in [0.2, 0.25) is 0 Å². The molecule has 25 heavy (non-hydrogen) atoms. The van der Waals surface area contributed by atoms with E-state index in [9.17, 15) is 4.79 Å². The second-order valence-corrected chi connectivity index (χ2v) is 6.59. The van der Waals surface area contributed by atoms with Crippen molar-refractivity contribution in [1.29, 1.82) is 0 Å². The maximum absolute atomic E-state index is 13.0. The van der Waals surface area contributed by atoms with Crippen LogP contribution in [0.15, 0.2) is 12.1 Å². The van der Waals surface area contributed by atoms with Crippen molar-refractivity contribution in [2.24, 2.45) is 11.1 Å². The molecule has 1 aliphatic rings. The van der Waals surface area contributed by atoms with Gasteiger partial charge >= 0.3 is 0 Å². The predicted molar refractivity (Wildman–Crippen MR) is 97.6 cm³/mol. The second kappa shape index (κ2) is 8.43. The molecule has 1 aromatic carbocycles. The van der Waals surface area contributed by atoms with Gasteiger partial charge in [-0.05, 0) is 51.3 Å². The minimum Gasteiger partial charge on any atom is -0.490 e. The minimum atomic E-state index is -0.0258. The van der Waals surface area contributed by atoms with E-state index in [0.717, 1.165) is 6.42 Å². The van der Waals surface area contributed by atoms with Gasteiger partial charge in [0.15, 0.2) is 11.5 Å². The topological polar surface area (TPSA) is 74.0 Å². The summed E-state index contributed by atoms with van der Waals surface area (Å²) in [5.74, 6) is 1.61. The van der Waals surface area contributed by atoms with Crippen LogP contribution in [-0.2, 0) is 0 Å². The number of carbonyl (C=O) groups excluding carboxylic acids is 1. The van der Waals surface area contributed by atoms with Crippen LogP contribution in [0.25, 0.3) is 0 Å². The van der Waals surface area contributed by atoms with Crippen molar-refractivity contribution in [2.75, 3.05) is 39.5 Å². The van der Waals surface area contributed by atoms with Crippen LogP contribution in [-0.4, -0.2) is 50.3 Å². The highest BCUT2D eigenvalue weighted by atomic mass is 16.5. The van der Waals surface area contributed by atoms with Crippen LogP contribution < -0.4 is 19.9 Å². The molecule has 1 aromatic rings. The van der Waals surface area contributed by atoms with Crippen molar-refractivity contribution in [1.82, 2.24) is 4.90 Å². The van der Waals surface area contributed by atoms with Gasteiger partial charge in [0.1, 0.15) is 0 Å². The summed E-state index contributed by atoms with van der Waals surface area (Å²) < 4.78 is 17.1. The Morgan fingerprint density at radius 2 is 1.68 bits per heavy atom. The number of likely N-dealkylation sites (tertiary alicyclic amines) is 1. The van der Waals surface area contributed by atoms with E-state index in [1.807, 2.05) is 25.7 Å². The number of hydrogen-bond acceptors (Lipinski definition) is 5. The van der Waals surface area contributed by atoms with Crippen LogP contribution in [0.1, 0.15) is 44.5 Å². The monoisotopic (exact) mass is 350 g/mol. The largest absolute Gasteiger partial charge is 0.490 e. The number of nitrogens with zero attached hydrogens (tertiary/aromatic N) is 1. The molecule has 1 heterocycles. The van der Waals surface area contributed by atoms with E-state index >= 15 is 0 Å². The van der Waals surface area contributed by atoms with Crippen molar-refractivity contribution >= 4 is 5.91 Å². The summed E-state index contributed by atoms with van der Waals surface area (Å²) >= 11 is 0. The highest BCUT2D eigenvalue weighted by molar-refractivity contribution is 5.96. The number of nitrogens with two attached hydrogens (primary N) is 1. The molecular weight excluding hydrogens is 320 g/mol. The van der Waals surface area contributed by atoms with Crippen molar-refractivity contribution in [3.63, 3.8) is 0 Å². The lowest BCUT2D eigenvalue weighted by atomic mass is 9.90. The lowest BCUT2D eigenvalue weighted by Crippen LogP contribution is -2.34. The molecule has 0 spiro atoms. The molecule has 140 valence electrons. The predicted octanol–water partition coefficient (Wildman–Crippen LogP) is 2.69. The first-order valence-corrected chi connectivity index (χ1v) is 9.03. The zero-order valence-electron chi connectivity index (χ0n) is 15.8. The zero-order chi connectivity index (χ0) is 18.4. The summed E-state index contributed by atoms with van der Waals surface area (Å²) in [6, 6.07) is 3.49. The van der Waals surface area contributed by atoms with Crippen LogP contribution >= 0.6 is 0 Å². The van der Waals surface area contributed by atoms with E-state index in [2.05, 4.69) is 6.92 Å². The van der Waals surface area contributed by atoms with Crippen LogP contribution in [0.3, 0.4) is 0 Å². The van der Waals surface area contributed by atoms with Crippen LogP contribution in [0, 0.1) is 5.41 Å². The van der Waals surface area contributed by atoms with Gasteiger partial charge < -0.3 is 24.8 Å². The maximum Gasteiger partial charge on any atom is 0.254 e. The molecule has 0 radical (unpaired) electrons. The van der Waals surface area contributed by atoms with Gasteiger partial charge in [-0.3, -0.25) is 4.79 Å². The third-order valence-corrected chi connectivity index (χ3v) is 4.49. The molecule has 0 saturated carbocycles. The van der Waals surface area contributed by atoms with Gasteiger partial charge in [-0.2, -0.15) is 0 Å². The molecule has 6 heteroatoms. The Morgan fingerprint density at radius 1 is 1.12 bits per heavy atom. The van der Waals surface area contributed by atoms with Crippen LogP contribution in [0.5, 0.6) is 17.2 Å². The Balaban J connectivity index is 2.35. The number of carbonyl (C=O) groups is 1. The Bertz CT molecular complexity index is 578. The molecule has 6 nitrogen and oxygen atoms in total. The summed E-state index contributed by atoms with van der Waals surface area (Å²) in [6.45, 7) is 11.3. The molecule has 1 amide bonds. The smallest absolute Gasteiger partial charge is 0.254 e. The maximum atomic E-state index is 13.0. The average Bonchev–Trinajstić information content (AvgIpc) is 3.00.